The van der Waals surface area contributed by atoms with E-state index in [-0.39, 0.29) is 11.6 Å². The topological polar surface area (TPSA) is 44.9 Å². The van der Waals surface area contributed by atoms with Gasteiger partial charge in [0.1, 0.15) is 17.4 Å². The number of rotatable bonds is 2. The number of nitriles is 1. The zero-order chi connectivity index (χ0) is 14.1. The molecule has 1 aliphatic heterocycles. The molecule has 0 radical (unpaired) electrons. The van der Waals surface area contributed by atoms with E-state index in [1.165, 1.54) is 6.07 Å². The summed E-state index contributed by atoms with van der Waals surface area (Å²) in [7, 11) is 1.88. The van der Waals surface area contributed by atoms with Crippen molar-refractivity contribution in [3.63, 3.8) is 0 Å². The van der Waals surface area contributed by atoms with E-state index in [4.69, 9.17) is 0 Å². The van der Waals surface area contributed by atoms with Crippen molar-refractivity contribution in [1.29, 1.82) is 5.26 Å². The molecule has 1 aliphatic rings. The van der Waals surface area contributed by atoms with E-state index in [2.05, 4.69) is 10.00 Å². The van der Waals surface area contributed by atoms with Crippen molar-refractivity contribution < 1.29 is 4.39 Å². The second kappa shape index (κ2) is 4.97. The first-order valence-electron chi connectivity index (χ1n) is 6.64. The van der Waals surface area contributed by atoms with Crippen LogP contribution in [0.3, 0.4) is 0 Å². The van der Waals surface area contributed by atoms with Gasteiger partial charge in [0.15, 0.2) is 0 Å². The van der Waals surface area contributed by atoms with Crippen LogP contribution in [-0.4, -0.2) is 16.3 Å². The number of benzene rings is 1. The Hall–Kier alpha value is -2.35. The van der Waals surface area contributed by atoms with Gasteiger partial charge >= 0.3 is 0 Å². The second-order valence-electron chi connectivity index (χ2n) is 5.04. The third-order valence-corrected chi connectivity index (χ3v) is 3.78. The standard InChI is InChI=1S/C15H15FN4/c1-19-10-11(9-18-19)14-6-3-7-20(14)15-5-2-4-13(16)12(15)8-17/h2,4-5,9-10,14H,3,6-7H2,1H3/t14-/m1/s1. The fourth-order valence-corrected chi connectivity index (χ4v) is 2.88. The summed E-state index contributed by atoms with van der Waals surface area (Å²) in [4.78, 5) is 2.11. The average molecular weight is 270 g/mol. The van der Waals surface area contributed by atoms with Crippen molar-refractivity contribution in [3.05, 3.63) is 47.5 Å². The van der Waals surface area contributed by atoms with E-state index in [1.54, 1.807) is 10.7 Å². The summed E-state index contributed by atoms with van der Waals surface area (Å²) in [6.45, 7) is 0.831. The predicted molar refractivity (Wildman–Crippen MR) is 73.6 cm³/mol. The number of aromatic nitrogens is 2. The SMILES string of the molecule is Cn1cc([C@H]2CCCN2c2cccc(F)c2C#N)cn1. The molecule has 1 atom stereocenters. The monoisotopic (exact) mass is 270 g/mol. The highest BCUT2D eigenvalue weighted by molar-refractivity contribution is 5.61. The molecule has 102 valence electrons. The molecule has 0 amide bonds. The molecule has 2 aromatic rings. The van der Waals surface area contributed by atoms with Crippen LogP contribution < -0.4 is 4.90 Å². The van der Waals surface area contributed by atoms with Crippen LogP contribution in [0.25, 0.3) is 0 Å². The zero-order valence-corrected chi connectivity index (χ0v) is 11.3. The number of aryl methyl sites for hydroxylation is 1. The fraction of sp³-hybridized carbons (Fsp3) is 0.333. The molecule has 0 unspecified atom stereocenters. The summed E-state index contributed by atoms with van der Waals surface area (Å²) >= 11 is 0. The fourth-order valence-electron chi connectivity index (χ4n) is 2.88. The number of halogens is 1. The molecular weight excluding hydrogens is 255 g/mol. The van der Waals surface area contributed by atoms with Crippen LogP contribution in [-0.2, 0) is 7.05 Å². The van der Waals surface area contributed by atoms with E-state index >= 15 is 0 Å². The first-order valence-corrected chi connectivity index (χ1v) is 6.64. The van der Waals surface area contributed by atoms with Gasteiger partial charge < -0.3 is 4.90 Å². The lowest BCUT2D eigenvalue weighted by atomic mass is 10.1. The summed E-state index contributed by atoms with van der Waals surface area (Å²) in [6, 6.07) is 6.95. The van der Waals surface area contributed by atoms with Crippen molar-refractivity contribution in [2.24, 2.45) is 7.05 Å². The molecular formula is C15H15FN4. The summed E-state index contributed by atoms with van der Waals surface area (Å²) in [6.07, 6.45) is 5.84. The molecule has 5 heteroatoms. The van der Waals surface area contributed by atoms with Crippen LogP contribution in [0.2, 0.25) is 0 Å². The highest BCUT2D eigenvalue weighted by atomic mass is 19.1. The normalized spacial score (nSPS) is 18.2. The van der Waals surface area contributed by atoms with E-state index in [0.29, 0.717) is 5.69 Å². The Morgan fingerprint density at radius 1 is 1.45 bits per heavy atom. The third kappa shape index (κ3) is 2.03. The van der Waals surface area contributed by atoms with Crippen LogP contribution in [0.15, 0.2) is 30.6 Å². The summed E-state index contributed by atoms with van der Waals surface area (Å²) in [5, 5.41) is 13.4. The molecule has 1 saturated heterocycles. The molecule has 1 aromatic heterocycles. The third-order valence-electron chi connectivity index (χ3n) is 3.78. The van der Waals surface area contributed by atoms with E-state index in [0.717, 1.165) is 24.9 Å². The Morgan fingerprint density at radius 3 is 3.00 bits per heavy atom. The first kappa shape index (κ1) is 12.7. The lowest BCUT2D eigenvalue weighted by molar-refractivity contribution is 0.621. The van der Waals surface area contributed by atoms with E-state index in [9.17, 15) is 9.65 Å². The van der Waals surface area contributed by atoms with Gasteiger partial charge in [0.25, 0.3) is 0 Å². The van der Waals surface area contributed by atoms with Crippen molar-refractivity contribution in [1.82, 2.24) is 9.78 Å². The van der Waals surface area contributed by atoms with Gasteiger partial charge in [-0.2, -0.15) is 10.4 Å². The Bertz CT molecular complexity index is 671. The zero-order valence-electron chi connectivity index (χ0n) is 11.3. The number of hydrogen-bond acceptors (Lipinski definition) is 3. The van der Waals surface area contributed by atoms with Gasteiger partial charge in [0.05, 0.1) is 17.9 Å². The number of anilines is 1. The second-order valence-corrected chi connectivity index (χ2v) is 5.04. The Morgan fingerprint density at radius 2 is 2.30 bits per heavy atom. The molecule has 2 heterocycles. The molecule has 0 bridgehead atoms. The molecule has 4 nitrogen and oxygen atoms in total. The Labute approximate surface area is 117 Å². The molecule has 1 aromatic carbocycles. The van der Waals surface area contributed by atoms with Crippen molar-refractivity contribution in [2.75, 3.05) is 11.4 Å². The number of nitrogens with zero attached hydrogens (tertiary/aromatic N) is 4. The summed E-state index contributed by atoms with van der Waals surface area (Å²) < 4.78 is 15.5. The van der Waals surface area contributed by atoms with Crippen LogP contribution in [0.5, 0.6) is 0 Å². The summed E-state index contributed by atoms with van der Waals surface area (Å²) in [5.41, 5.74) is 1.92. The van der Waals surface area contributed by atoms with Crippen molar-refractivity contribution >= 4 is 5.69 Å². The minimum atomic E-state index is -0.457. The molecule has 1 fully saturated rings. The van der Waals surface area contributed by atoms with Crippen LogP contribution in [0.4, 0.5) is 10.1 Å². The maximum atomic E-state index is 13.8. The summed E-state index contributed by atoms with van der Waals surface area (Å²) in [5.74, 6) is -0.457. The molecule has 0 spiro atoms. The highest BCUT2D eigenvalue weighted by Gasteiger charge is 2.29. The highest BCUT2D eigenvalue weighted by Crippen LogP contribution is 2.37. The smallest absolute Gasteiger partial charge is 0.143 e. The first-order chi connectivity index (χ1) is 9.70. The molecule has 0 aliphatic carbocycles. The molecule has 0 N–H and O–H groups in total. The Kier molecular flexibility index (Phi) is 3.15. The van der Waals surface area contributed by atoms with E-state index < -0.39 is 5.82 Å². The minimum absolute atomic E-state index is 0.128. The maximum Gasteiger partial charge on any atom is 0.143 e. The maximum absolute atomic E-state index is 13.8. The lowest BCUT2D eigenvalue weighted by Gasteiger charge is -2.27. The van der Waals surface area contributed by atoms with Crippen molar-refractivity contribution in [2.45, 2.75) is 18.9 Å². The van der Waals surface area contributed by atoms with Gasteiger partial charge in [-0.05, 0) is 25.0 Å². The van der Waals surface area contributed by atoms with Gasteiger partial charge in [-0.25, -0.2) is 4.39 Å². The lowest BCUT2D eigenvalue weighted by Crippen LogP contribution is -2.23. The van der Waals surface area contributed by atoms with Gasteiger partial charge in [-0.1, -0.05) is 6.07 Å². The van der Waals surface area contributed by atoms with Crippen LogP contribution in [0.1, 0.15) is 30.0 Å². The van der Waals surface area contributed by atoms with Crippen LogP contribution in [0, 0.1) is 17.1 Å². The van der Waals surface area contributed by atoms with Gasteiger partial charge in [0, 0.05) is 25.4 Å². The van der Waals surface area contributed by atoms with Crippen LogP contribution >= 0.6 is 0 Å². The van der Waals surface area contributed by atoms with Gasteiger partial charge in [-0.3, -0.25) is 4.68 Å². The molecule has 0 saturated carbocycles. The quantitative estimate of drug-likeness (QED) is 0.843. The van der Waals surface area contributed by atoms with Gasteiger partial charge in [0.2, 0.25) is 0 Å². The van der Waals surface area contributed by atoms with E-state index in [1.807, 2.05) is 31.6 Å². The number of hydrogen-bond donors (Lipinski definition) is 0. The van der Waals surface area contributed by atoms with Gasteiger partial charge in [-0.15, -0.1) is 0 Å². The van der Waals surface area contributed by atoms with Crippen molar-refractivity contribution in [3.8, 4) is 6.07 Å². The largest absolute Gasteiger partial charge is 0.363 e. The molecule has 3 rings (SSSR count). The molecule has 20 heavy (non-hydrogen) atoms. The Balaban J connectivity index is 2.01. The minimum Gasteiger partial charge on any atom is -0.363 e. The average Bonchev–Trinajstić information content (AvgIpc) is 3.06. The predicted octanol–water partition coefficient (Wildman–Crippen LogP) is 2.77.